The zero-order valence-corrected chi connectivity index (χ0v) is 10.3. The maximum atomic E-state index is 12.3. The summed E-state index contributed by atoms with van der Waals surface area (Å²) >= 11 is 0. The predicted molar refractivity (Wildman–Crippen MR) is 64.0 cm³/mol. The first-order chi connectivity index (χ1) is 9.54. The Bertz CT molecular complexity index is 530. The van der Waals surface area contributed by atoms with E-state index in [4.69, 9.17) is 10.5 Å². The van der Waals surface area contributed by atoms with Crippen LogP contribution < -0.4 is 5.32 Å². The number of aliphatic hydroxyl groups is 1. The van der Waals surface area contributed by atoms with Crippen molar-refractivity contribution < 1.29 is 31.4 Å². The molecule has 0 saturated heterocycles. The molecule has 0 amide bonds. The minimum absolute atomic E-state index is 0.0540. The molecule has 0 atom stereocenters. The second-order valence-electron chi connectivity index (χ2n) is 3.94. The smallest absolute Gasteiger partial charge is 0.390 e. The molecule has 0 unspecified atom stereocenters. The fourth-order valence-corrected chi connectivity index (χ4v) is 1.31. The molecule has 0 heterocycles. The van der Waals surface area contributed by atoms with Gasteiger partial charge in [-0.15, -0.1) is 0 Å². The van der Waals surface area contributed by atoms with E-state index in [2.05, 4.69) is 5.32 Å². The van der Waals surface area contributed by atoms with Gasteiger partial charge < -0.3 is 10.4 Å². The summed E-state index contributed by atoms with van der Waals surface area (Å²) < 4.78 is 73.5. The molecule has 0 spiro atoms. The van der Waals surface area contributed by atoms with Crippen LogP contribution in [0.2, 0.25) is 0 Å². The number of hydrogen-bond acceptors (Lipinski definition) is 3. The van der Waals surface area contributed by atoms with Crippen molar-refractivity contribution >= 4 is 11.4 Å². The lowest BCUT2D eigenvalue weighted by Crippen LogP contribution is -2.21. The number of hydrogen-bond donors (Lipinski definition) is 3. The number of nitrogens with one attached hydrogen (secondary N) is 2. The van der Waals surface area contributed by atoms with Crippen molar-refractivity contribution in [2.24, 2.45) is 0 Å². The first-order valence-electron chi connectivity index (χ1n) is 5.45. The van der Waals surface area contributed by atoms with Gasteiger partial charge in [0.1, 0.15) is 5.71 Å². The first kappa shape index (κ1) is 17.0. The van der Waals surface area contributed by atoms with Crippen molar-refractivity contribution in [3.63, 3.8) is 0 Å². The van der Waals surface area contributed by atoms with Crippen LogP contribution in [-0.2, 0) is 6.18 Å². The Morgan fingerprint density at radius 2 is 1.62 bits per heavy atom. The summed E-state index contributed by atoms with van der Waals surface area (Å²) in [7, 11) is 0. The zero-order valence-electron chi connectivity index (χ0n) is 10.3. The van der Waals surface area contributed by atoms with Gasteiger partial charge in [0.25, 0.3) is 0 Å². The second-order valence-corrected chi connectivity index (χ2v) is 3.94. The third-order valence-corrected chi connectivity index (χ3v) is 2.31. The molecule has 0 bridgehead atoms. The van der Waals surface area contributed by atoms with Gasteiger partial charge in [0.2, 0.25) is 0 Å². The minimum atomic E-state index is -4.87. The topological polar surface area (TPSA) is 56.1 Å². The summed E-state index contributed by atoms with van der Waals surface area (Å²) in [5.74, 6) is 0. The van der Waals surface area contributed by atoms with Crippen molar-refractivity contribution in [1.29, 1.82) is 5.41 Å². The molecule has 9 heteroatoms. The SMILES string of the molecule is N=C(/C=C(/CO)Nc1ccc(C(F)(F)F)cc1)C(F)(F)F. The molecule has 0 aliphatic carbocycles. The van der Waals surface area contributed by atoms with Crippen molar-refractivity contribution in [3.8, 4) is 0 Å². The predicted octanol–water partition coefficient (Wildman–Crippen LogP) is 3.58. The highest BCUT2D eigenvalue weighted by atomic mass is 19.4. The van der Waals surface area contributed by atoms with Gasteiger partial charge in [0.15, 0.2) is 0 Å². The van der Waals surface area contributed by atoms with Gasteiger partial charge in [0.05, 0.1) is 12.2 Å². The summed E-state index contributed by atoms with van der Waals surface area (Å²) in [5.41, 5.74) is -2.91. The van der Waals surface area contributed by atoms with Crippen molar-refractivity contribution in [2.45, 2.75) is 12.4 Å². The normalized spacial score (nSPS) is 13.2. The molecule has 3 nitrogen and oxygen atoms in total. The average Bonchev–Trinajstić information content (AvgIpc) is 2.36. The number of rotatable bonds is 4. The quantitative estimate of drug-likeness (QED) is 0.588. The van der Waals surface area contributed by atoms with Gasteiger partial charge in [-0.2, -0.15) is 26.3 Å². The third-order valence-electron chi connectivity index (χ3n) is 2.31. The maximum absolute atomic E-state index is 12.3. The van der Waals surface area contributed by atoms with E-state index in [1.54, 1.807) is 0 Å². The highest BCUT2D eigenvalue weighted by Crippen LogP contribution is 2.30. The molecule has 0 radical (unpaired) electrons. The standard InChI is InChI=1S/C12H10F6N2O/c13-11(14,15)7-1-3-8(4-2-7)20-9(6-21)5-10(19)12(16,17)18/h1-5,19-21H,6H2/b9-5-,19-10?. The van der Waals surface area contributed by atoms with E-state index in [0.717, 1.165) is 24.3 Å². The van der Waals surface area contributed by atoms with Crippen molar-refractivity contribution in [2.75, 3.05) is 11.9 Å². The molecule has 21 heavy (non-hydrogen) atoms. The molecule has 0 aliphatic rings. The Hall–Kier alpha value is -2.03. The molecule has 3 N–H and O–H groups in total. The largest absolute Gasteiger partial charge is 0.432 e. The van der Waals surface area contributed by atoms with Crippen LogP contribution in [-0.4, -0.2) is 23.6 Å². The van der Waals surface area contributed by atoms with E-state index < -0.39 is 30.2 Å². The molecular formula is C12H10F6N2O. The van der Waals surface area contributed by atoms with Crippen LogP contribution in [0.5, 0.6) is 0 Å². The van der Waals surface area contributed by atoms with Crippen LogP contribution in [0.4, 0.5) is 32.0 Å². The van der Waals surface area contributed by atoms with Gasteiger partial charge in [-0.1, -0.05) is 0 Å². The Balaban J connectivity index is 2.88. The number of anilines is 1. The number of halogens is 6. The van der Waals surface area contributed by atoms with Gasteiger partial charge in [-0.25, -0.2) is 0 Å². The van der Waals surface area contributed by atoms with Gasteiger partial charge in [-0.3, -0.25) is 5.41 Å². The third kappa shape index (κ3) is 5.10. The average molecular weight is 312 g/mol. The molecule has 116 valence electrons. The molecule has 1 aromatic carbocycles. The monoisotopic (exact) mass is 312 g/mol. The molecule has 1 aromatic rings. The van der Waals surface area contributed by atoms with E-state index in [0.29, 0.717) is 6.08 Å². The van der Waals surface area contributed by atoms with Crippen LogP contribution in [0.1, 0.15) is 5.56 Å². The van der Waals surface area contributed by atoms with Gasteiger partial charge in [0, 0.05) is 11.4 Å². The lowest BCUT2D eigenvalue weighted by Gasteiger charge is -2.12. The van der Waals surface area contributed by atoms with Gasteiger partial charge in [-0.05, 0) is 30.3 Å². The lowest BCUT2D eigenvalue weighted by molar-refractivity contribution is -0.137. The van der Waals surface area contributed by atoms with E-state index in [9.17, 15) is 26.3 Å². The van der Waals surface area contributed by atoms with Gasteiger partial charge >= 0.3 is 12.4 Å². The fraction of sp³-hybridized carbons (Fsp3) is 0.250. The zero-order chi connectivity index (χ0) is 16.3. The van der Waals surface area contributed by atoms with Crippen LogP contribution >= 0.6 is 0 Å². The summed E-state index contributed by atoms with van der Waals surface area (Å²) in [5, 5.41) is 18.0. The summed E-state index contributed by atoms with van der Waals surface area (Å²) in [6, 6.07) is 3.49. The Morgan fingerprint density at radius 3 is 2.00 bits per heavy atom. The van der Waals surface area contributed by atoms with Crippen molar-refractivity contribution in [1.82, 2.24) is 0 Å². The minimum Gasteiger partial charge on any atom is -0.390 e. The Kier molecular flexibility index (Phi) is 5.00. The van der Waals surface area contributed by atoms with Crippen LogP contribution in [0.15, 0.2) is 36.0 Å². The van der Waals surface area contributed by atoms with E-state index in [1.165, 1.54) is 0 Å². The molecular weight excluding hydrogens is 302 g/mol. The maximum Gasteiger partial charge on any atom is 0.432 e. The number of aliphatic hydroxyl groups excluding tert-OH is 1. The fourth-order valence-electron chi connectivity index (χ4n) is 1.31. The van der Waals surface area contributed by atoms with E-state index >= 15 is 0 Å². The van der Waals surface area contributed by atoms with Crippen LogP contribution in [0, 0.1) is 5.41 Å². The second kappa shape index (κ2) is 6.17. The molecule has 0 aromatic heterocycles. The van der Waals surface area contributed by atoms with Crippen LogP contribution in [0.3, 0.4) is 0 Å². The molecule has 0 fully saturated rings. The number of benzene rings is 1. The number of alkyl halides is 6. The highest BCUT2D eigenvalue weighted by molar-refractivity contribution is 5.97. The number of allylic oxidation sites excluding steroid dienone is 1. The summed E-state index contributed by atoms with van der Waals surface area (Å²) in [6.45, 7) is -0.834. The molecule has 0 aliphatic heterocycles. The Labute approximate surface area is 115 Å². The van der Waals surface area contributed by atoms with E-state index in [-0.39, 0.29) is 11.4 Å². The Morgan fingerprint density at radius 1 is 1.10 bits per heavy atom. The molecule has 0 saturated carbocycles. The first-order valence-corrected chi connectivity index (χ1v) is 5.45. The highest BCUT2D eigenvalue weighted by Gasteiger charge is 2.33. The summed E-state index contributed by atoms with van der Waals surface area (Å²) in [4.78, 5) is 0. The lowest BCUT2D eigenvalue weighted by atomic mass is 10.2. The molecule has 1 rings (SSSR count). The summed E-state index contributed by atoms with van der Waals surface area (Å²) in [6.07, 6.45) is -9.04. The van der Waals surface area contributed by atoms with Crippen LogP contribution in [0.25, 0.3) is 0 Å². The van der Waals surface area contributed by atoms with Crippen molar-refractivity contribution in [3.05, 3.63) is 41.6 Å². The van der Waals surface area contributed by atoms with E-state index in [1.807, 2.05) is 0 Å².